The van der Waals surface area contributed by atoms with E-state index in [-0.39, 0.29) is 23.8 Å². The average Bonchev–Trinajstić information content (AvgIpc) is 2.77. The highest BCUT2D eigenvalue weighted by atomic mass is 79.9. The lowest BCUT2D eigenvalue weighted by molar-refractivity contribution is -0.134. The van der Waals surface area contributed by atoms with Crippen molar-refractivity contribution in [1.82, 2.24) is 4.90 Å². The molecule has 5 nitrogen and oxygen atoms in total. The van der Waals surface area contributed by atoms with Gasteiger partial charge in [-0.05, 0) is 40.9 Å². The molecule has 1 aromatic carbocycles. The Morgan fingerprint density at radius 3 is 2.41 bits per heavy atom. The van der Waals surface area contributed by atoms with E-state index >= 15 is 0 Å². The maximum absolute atomic E-state index is 12.1. The van der Waals surface area contributed by atoms with Crippen molar-refractivity contribution in [3.63, 3.8) is 0 Å². The molecule has 0 spiro atoms. The zero-order chi connectivity index (χ0) is 16.1. The van der Waals surface area contributed by atoms with Crippen LogP contribution >= 0.6 is 31.9 Å². The smallest absolute Gasteiger partial charge is 0.342 e. The molecule has 120 valence electrons. The van der Waals surface area contributed by atoms with E-state index in [0.29, 0.717) is 22.0 Å². The summed E-state index contributed by atoms with van der Waals surface area (Å²) in [6.45, 7) is 1.12. The Morgan fingerprint density at radius 2 is 1.77 bits per heavy atom. The van der Waals surface area contributed by atoms with Crippen LogP contribution in [0.25, 0.3) is 0 Å². The fourth-order valence-corrected chi connectivity index (χ4v) is 3.56. The predicted molar refractivity (Wildman–Crippen MR) is 88.8 cm³/mol. The fourth-order valence-electron chi connectivity index (χ4n) is 2.34. The summed E-state index contributed by atoms with van der Waals surface area (Å²) in [4.78, 5) is 25.8. The number of halogens is 2. The molecule has 0 bridgehead atoms. The van der Waals surface area contributed by atoms with E-state index in [1.807, 2.05) is 0 Å². The molecular formula is C15H17Br2NO4. The van der Waals surface area contributed by atoms with Gasteiger partial charge in [0.1, 0.15) is 11.3 Å². The number of amides is 1. The number of benzene rings is 1. The van der Waals surface area contributed by atoms with Crippen molar-refractivity contribution in [2.24, 2.45) is 0 Å². The molecule has 1 N–H and O–H groups in total. The third-order valence-electron chi connectivity index (χ3n) is 3.53. The van der Waals surface area contributed by atoms with Gasteiger partial charge >= 0.3 is 5.97 Å². The molecule has 1 aromatic rings. The first-order chi connectivity index (χ1) is 10.5. The van der Waals surface area contributed by atoms with Gasteiger partial charge in [-0.25, -0.2) is 4.79 Å². The number of hydrogen-bond acceptors (Lipinski definition) is 4. The number of likely N-dealkylation sites (tertiary alicyclic amines) is 1. The minimum absolute atomic E-state index is 0.0184. The van der Waals surface area contributed by atoms with Gasteiger partial charge in [0.15, 0.2) is 6.61 Å². The topological polar surface area (TPSA) is 66.8 Å². The highest BCUT2D eigenvalue weighted by molar-refractivity contribution is 9.11. The van der Waals surface area contributed by atoms with Crippen LogP contribution in [-0.2, 0) is 9.53 Å². The van der Waals surface area contributed by atoms with E-state index in [2.05, 4.69) is 31.9 Å². The van der Waals surface area contributed by atoms with Gasteiger partial charge in [-0.15, -0.1) is 0 Å². The molecule has 1 aliphatic rings. The molecule has 22 heavy (non-hydrogen) atoms. The molecule has 0 atom stereocenters. The van der Waals surface area contributed by atoms with Crippen LogP contribution < -0.4 is 0 Å². The second-order valence-corrected chi connectivity index (χ2v) is 6.92. The minimum atomic E-state index is -0.720. The Hall–Kier alpha value is -1.08. The summed E-state index contributed by atoms with van der Waals surface area (Å²) in [5, 5.41) is 9.88. The Labute approximate surface area is 145 Å². The number of rotatable bonds is 3. The molecule has 0 unspecified atom stereocenters. The van der Waals surface area contributed by atoms with Crippen LogP contribution in [-0.4, -0.2) is 41.6 Å². The van der Waals surface area contributed by atoms with Crippen molar-refractivity contribution in [3.05, 3.63) is 26.6 Å². The average molecular weight is 435 g/mol. The Balaban J connectivity index is 1.96. The van der Waals surface area contributed by atoms with Gasteiger partial charge in [0.25, 0.3) is 5.91 Å². The van der Waals surface area contributed by atoms with Gasteiger partial charge in [0.2, 0.25) is 0 Å². The molecule has 2 rings (SSSR count). The zero-order valence-electron chi connectivity index (χ0n) is 12.0. The normalized spacial score (nSPS) is 15.3. The van der Waals surface area contributed by atoms with Crippen LogP contribution in [0, 0.1) is 0 Å². The van der Waals surface area contributed by atoms with Crippen molar-refractivity contribution in [1.29, 1.82) is 0 Å². The molecular weight excluding hydrogens is 418 g/mol. The third-order valence-corrected chi connectivity index (χ3v) is 4.60. The van der Waals surface area contributed by atoms with Crippen molar-refractivity contribution >= 4 is 43.7 Å². The number of esters is 1. The molecule has 1 fully saturated rings. The highest BCUT2D eigenvalue weighted by Crippen LogP contribution is 2.32. The maximum atomic E-state index is 12.1. The van der Waals surface area contributed by atoms with Crippen molar-refractivity contribution in [2.75, 3.05) is 19.7 Å². The molecule has 0 radical (unpaired) electrons. The lowest BCUT2D eigenvalue weighted by atomic mass is 10.2. The summed E-state index contributed by atoms with van der Waals surface area (Å²) < 4.78 is 6.05. The SMILES string of the molecule is O=C(OCC(=O)N1CCCCCC1)c1cc(Br)cc(Br)c1O. The van der Waals surface area contributed by atoms with Gasteiger partial charge in [-0.2, -0.15) is 0 Å². The van der Waals surface area contributed by atoms with E-state index in [9.17, 15) is 14.7 Å². The molecule has 1 aliphatic heterocycles. The van der Waals surface area contributed by atoms with Gasteiger partial charge in [0, 0.05) is 17.6 Å². The van der Waals surface area contributed by atoms with Gasteiger partial charge in [0.05, 0.1) is 4.47 Å². The van der Waals surface area contributed by atoms with Crippen LogP contribution in [0.4, 0.5) is 0 Å². The maximum Gasteiger partial charge on any atom is 0.342 e. The second kappa shape index (κ2) is 7.97. The number of phenols is 1. The molecule has 0 aliphatic carbocycles. The number of nitrogens with zero attached hydrogens (tertiary/aromatic N) is 1. The van der Waals surface area contributed by atoms with Crippen LogP contribution in [0.15, 0.2) is 21.1 Å². The zero-order valence-corrected chi connectivity index (χ0v) is 15.2. The van der Waals surface area contributed by atoms with E-state index in [1.54, 1.807) is 11.0 Å². The largest absolute Gasteiger partial charge is 0.506 e. The first kappa shape index (κ1) is 17.3. The quantitative estimate of drug-likeness (QED) is 0.739. The molecule has 1 amide bonds. The molecule has 0 aromatic heterocycles. The van der Waals surface area contributed by atoms with Crippen LogP contribution in [0.1, 0.15) is 36.0 Å². The van der Waals surface area contributed by atoms with Crippen LogP contribution in [0.3, 0.4) is 0 Å². The Kier molecular flexibility index (Phi) is 6.26. The summed E-state index contributed by atoms with van der Waals surface area (Å²) >= 11 is 6.40. The number of aromatic hydroxyl groups is 1. The van der Waals surface area contributed by atoms with Crippen LogP contribution in [0.5, 0.6) is 5.75 Å². The summed E-state index contributed by atoms with van der Waals surface area (Å²) in [6, 6.07) is 3.08. The predicted octanol–water partition coefficient (Wildman–Crippen LogP) is 3.48. The number of carbonyl (C=O) groups excluding carboxylic acids is 2. The van der Waals surface area contributed by atoms with E-state index in [0.717, 1.165) is 25.7 Å². The molecule has 0 saturated carbocycles. The fraction of sp³-hybridized carbons (Fsp3) is 0.467. The number of hydrogen-bond donors (Lipinski definition) is 1. The summed E-state index contributed by atoms with van der Waals surface area (Å²) in [6.07, 6.45) is 4.23. The van der Waals surface area contributed by atoms with E-state index in [1.165, 1.54) is 6.07 Å². The number of phenolic OH excluding ortho intramolecular Hbond substituents is 1. The monoisotopic (exact) mass is 433 g/mol. The number of carbonyl (C=O) groups is 2. The van der Waals surface area contributed by atoms with Crippen molar-refractivity contribution < 1.29 is 19.4 Å². The van der Waals surface area contributed by atoms with Crippen LogP contribution in [0.2, 0.25) is 0 Å². The van der Waals surface area contributed by atoms with Crippen molar-refractivity contribution in [3.8, 4) is 5.75 Å². The second-order valence-electron chi connectivity index (χ2n) is 5.15. The van der Waals surface area contributed by atoms with Gasteiger partial charge in [-0.1, -0.05) is 28.8 Å². The summed E-state index contributed by atoms with van der Waals surface area (Å²) in [5.74, 6) is -1.11. The lowest BCUT2D eigenvalue weighted by Gasteiger charge is -2.20. The van der Waals surface area contributed by atoms with E-state index < -0.39 is 5.97 Å². The summed E-state index contributed by atoms with van der Waals surface area (Å²) in [5.41, 5.74) is 0.0184. The highest BCUT2D eigenvalue weighted by Gasteiger charge is 2.20. The van der Waals surface area contributed by atoms with Gasteiger partial charge < -0.3 is 14.7 Å². The molecule has 1 heterocycles. The van der Waals surface area contributed by atoms with E-state index in [4.69, 9.17) is 4.74 Å². The Morgan fingerprint density at radius 1 is 1.14 bits per heavy atom. The first-order valence-corrected chi connectivity index (χ1v) is 8.70. The molecule has 7 heteroatoms. The lowest BCUT2D eigenvalue weighted by Crippen LogP contribution is -2.35. The van der Waals surface area contributed by atoms with Gasteiger partial charge in [-0.3, -0.25) is 4.79 Å². The van der Waals surface area contributed by atoms with Crippen molar-refractivity contribution in [2.45, 2.75) is 25.7 Å². The number of ether oxygens (including phenoxy) is 1. The third kappa shape index (κ3) is 4.46. The molecule has 1 saturated heterocycles. The summed E-state index contributed by atoms with van der Waals surface area (Å²) in [7, 11) is 0. The Bertz CT molecular complexity index is 569. The minimum Gasteiger partial charge on any atom is -0.506 e. The first-order valence-electron chi connectivity index (χ1n) is 7.12. The standard InChI is InChI=1S/C15H17Br2NO4/c16-10-7-11(14(20)12(17)8-10)15(21)22-9-13(19)18-5-3-1-2-4-6-18/h7-8,20H,1-6,9H2.